The van der Waals surface area contributed by atoms with Crippen LogP contribution in [0, 0.1) is 17.0 Å². The van der Waals surface area contributed by atoms with E-state index in [0.29, 0.717) is 32.3 Å². The number of hydrogen-bond donors (Lipinski definition) is 1. The van der Waals surface area contributed by atoms with Gasteiger partial charge in [0.25, 0.3) is 5.69 Å². The molecule has 0 radical (unpaired) electrons. The number of nitrogens with one attached hydrogen (secondary N) is 1. The summed E-state index contributed by atoms with van der Waals surface area (Å²) in [4.78, 5) is 37.4. The van der Waals surface area contributed by atoms with Crippen LogP contribution in [0.1, 0.15) is 44.8 Å². The molecular formula is C26H21ClN2O5S. The maximum Gasteiger partial charge on any atom is 0.337 e. The molecule has 0 spiro atoms. The van der Waals surface area contributed by atoms with Crippen molar-refractivity contribution in [3.8, 4) is 0 Å². The summed E-state index contributed by atoms with van der Waals surface area (Å²) in [6.45, 7) is 7.27. The smallest absolute Gasteiger partial charge is 0.337 e. The number of nitro benzene ring substituents is 1. The summed E-state index contributed by atoms with van der Waals surface area (Å²) in [6.07, 6.45) is 1.50. The van der Waals surface area contributed by atoms with Crippen molar-refractivity contribution in [2.24, 2.45) is 0 Å². The molecule has 4 rings (SSSR count). The Morgan fingerprint density at radius 3 is 2.51 bits per heavy atom. The Kier molecular flexibility index (Phi) is 6.86. The SMILES string of the molecule is C=CCOC(=O)C1=C(C)Nc2sc(C(=O)c3ccc([N+](=O)[O-])cc3)c(C)c2[C@H]1c1ccccc1Cl. The van der Waals surface area contributed by atoms with E-state index in [2.05, 4.69) is 11.9 Å². The van der Waals surface area contributed by atoms with E-state index in [0.717, 1.165) is 16.1 Å². The predicted octanol–water partition coefficient (Wildman–Crippen LogP) is 6.41. The predicted molar refractivity (Wildman–Crippen MR) is 136 cm³/mol. The van der Waals surface area contributed by atoms with E-state index in [1.54, 1.807) is 13.0 Å². The molecule has 0 aliphatic carbocycles. The van der Waals surface area contributed by atoms with Gasteiger partial charge in [-0.25, -0.2) is 4.79 Å². The molecule has 178 valence electrons. The normalized spacial score (nSPS) is 14.7. The zero-order valence-electron chi connectivity index (χ0n) is 19.0. The van der Waals surface area contributed by atoms with Crippen molar-refractivity contribution in [3.05, 3.63) is 115 Å². The number of thiophene rings is 1. The molecule has 2 heterocycles. The van der Waals surface area contributed by atoms with Crippen LogP contribution in [0.3, 0.4) is 0 Å². The van der Waals surface area contributed by atoms with Crippen LogP contribution in [0.4, 0.5) is 10.7 Å². The first-order valence-corrected chi connectivity index (χ1v) is 11.9. The van der Waals surface area contributed by atoms with Crippen molar-refractivity contribution in [3.63, 3.8) is 0 Å². The molecule has 9 heteroatoms. The number of halogens is 1. The maximum atomic E-state index is 13.4. The number of carbonyl (C=O) groups is 2. The Bertz CT molecular complexity index is 1390. The molecule has 2 aromatic carbocycles. The lowest BCUT2D eigenvalue weighted by molar-refractivity contribution is -0.384. The summed E-state index contributed by atoms with van der Waals surface area (Å²) in [7, 11) is 0. The lowest BCUT2D eigenvalue weighted by Crippen LogP contribution is -2.24. The minimum Gasteiger partial charge on any atom is -0.458 e. The van der Waals surface area contributed by atoms with E-state index < -0.39 is 16.8 Å². The molecule has 0 saturated carbocycles. The third-order valence-corrected chi connectivity index (χ3v) is 7.36. The first-order valence-electron chi connectivity index (χ1n) is 10.7. The third kappa shape index (κ3) is 4.50. The molecule has 7 nitrogen and oxygen atoms in total. The van der Waals surface area contributed by atoms with Gasteiger partial charge in [0, 0.05) is 39.9 Å². The number of ketones is 1. The van der Waals surface area contributed by atoms with Gasteiger partial charge in [0.1, 0.15) is 6.61 Å². The van der Waals surface area contributed by atoms with Crippen LogP contribution >= 0.6 is 22.9 Å². The second-order valence-corrected chi connectivity index (χ2v) is 9.37. The monoisotopic (exact) mass is 508 g/mol. The highest BCUT2D eigenvalue weighted by atomic mass is 35.5. The number of anilines is 1. The number of nitro groups is 1. The van der Waals surface area contributed by atoms with Gasteiger partial charge < -0.3 is 10.1 Å². The summed E-state index contributed by atoms with van der Waals surface area (Å²) < 4.78 is 5.39. The number of allylic oxidation sites excluding steroid dienone is 1. The van der Waals surface area contributed by atoms with Crippen LogP contribution < -0.4 is 5.32 Å². The van der Waals surface area contributed by atoms with Crippen LogP contribution in [-0.4, -0.2) is 23.3 Å². The zero-order valence-corrected chi connectivity index (χ0v) is 20.5. The fraction of sp³-hybridized carbons (Fsp3) is 0.154. The highest BCUT2D eigenvalue weighted by Gasteiger charge is 2.38. The summed E-state index contributed by atoms with van der Waals surface area (Å²) in [5.74, 6) is -1.31. The van der Waals surface area contributed by atoms with Crippen molar-refractivity contribution in [2.75, 3.05) is 11.9 Å². The van der Waals surface area contributed by atoms with Crippen molar-refractivity contribution in [2.45, 2.75) is 19.8 Å². The molecule has 1 N–H and O–H groups in total. The van der Waals surface area contributed by atoms with Gasteiger partial charge in [0.05, 0.1) is 20.4 Å². The molecule has 1 atom stereocenters. The van der Waals surface area contributed by atoms with Crippen molar-refractivity contribution in [1.82, 2.24) is 0 Å². The summed E-state index contributed by atoms with van der Waals surface area (Å²) >= 11 is 7.85. The second-order valence-electron chi connectivity index (χ2n) is 7.94. The zero-order chi connectivity index (χ0) is 25.3. The number of non-ortho nitro benzene ring substituents is 1. The van der Waals surface area contributed by atoms with Gasteiger partial charge in [0.2, 0.25) is 5.78 Å². The van der Waals surface area contributed by atoms with Gasteiger partial charge in [-0.3, -0.25) is 14.9 Å². The average molecular weight is 509 g/mol. The van der Waals surface area contributed by atoms with Gasteiger partial charge in [-0.2, -0.15) is 0 Å². The summed E-state index contributed by atoms with van der Waals surface area (Å²) in [6, 6.07) is 12.8. The van der Waals surface area contributed by atoms with Gasteiger partial charge in [-0.05, 0) is 43.2 Å². The Morgan fingerprint density at radius 1 is 1.20 bits per heavy atom. The molecule has 0 fully saturated rings. The molecule has 0 bridgehead atoms. The standard InChI is InChI=1S/C26H21ClN2O5S/c1-4-13-34-26(31)21-15(3)28-25-20(22(21)18-7-5-6-8-19(18)27)14(2)24(35-25)23(30)16-9-11-17(12-10-16)29(32)33/h4-12,22,28H,1,13H2,2-3H3/t22-/m1/s1. The van der Waals surface area contributed by atoms with Crippen LogP contribution in [0.15, 0.2) is 72.5 Å². The second kappa shape index (κ2) is 9.85. The number of nitrogens with zero attached hydrogens (tertiary/aromatic N) is 1. The Labute approximate surface area is 210 Å². The number of benzene rings is 2. The highest BCUT2D eigenvalue weighted by molar-refractivity contribution is 7.18. The van der Waals surface area contributed by atoms with Crippen molar-refractivity contribution >= 4 is 45.4 Å². The lowest BCUT2D eigenvalue weighted by Gasteiger charge is -2.29. The Hall–Kier alpha value is -3.75. The largest absolute Gasteiger partial charge is 0.458 e. The highest BCUT2D eigenvalue weighted by Crippen LogP contribution is 2.50. The average Bonchev–Trinajstić information content (AvgIpc) is 3.17. The molecule has 1 aliphatic heterocycles. The van der Waals surface area contributed by atoms with E-state index in [-0.39, 0.29) is 18.1 Å². The van der Waals surface area contributed by atoms with Crippen LogP contribution in [0.2, 0.25) is 5.02 Å². The Balaban J connectivity index is 1.84. The molecule has 0 saturated heterocycles. The van der Waals surface area contributed by atoms with Gasteiger partial charge in [-0.1, -0.05) is 42.5 Å². The van der Waals surface area contributed by atoms with Crippen molar-refractivity contribution < 1.29 is 19.2 Å². The first kappa shape index (κ1) is 24.4. The summed E-state index contributed by atoms with van der Waals surface area (Å²) in [5, 5.41) is 15.5. The van der Waals surface area contributed by atoms with E-state index in [1.165, 1.54) is 41.7 Å². The lowest BCUT2D eigenvalue weighted by atomic mass is 9.80. The van der Waals surface area contributed by atoms with Crippen molar-refractivity contribution in [1.29, 1.82) is 0 Å². The molecular weight excluding hydrogens is 488 g/mol. The number of esters is 1. The molecule has 1 aromatic heterocycles. The topological polar surface area (TPSA) is 98.5 Å². The van der Waals surface area contributed by atoms with E-state index >= 15 is 0 Å². The molecule has 1 aliphatic rings. The van der Waals surface area contributed by atoms with Crippen LogP contribution in [0.5, 0.6) is 0 Å². The third-order valence-electron chi connectivity index (χ3n) is 5.79. The molecule has 0 unspecified atom stereocenters. The van der Waals surface area contributed by atoms with E-state index in [9.17, 15) is 19.7 Å². The van der Waals surface area contributed by atoms with Crippen LogP contribution in [-0.2, 0) is 9.53 Å². The Morgan fingerprint density at radius 2 is 1.89 bits per heavy atom. The molecule has 35 heavy (non-hydrogen) atoms. The number of ether oxygens (including phenoxy) is 1. The number of carbonyl (C=O) groups excluding carboxylic acids is 2. The van der Waals surface area contributed by atoms with E-state index in [1.807, 2.05) is 25.1 Å². The molecule has 3 aromatic rings. The fourth-order valence-electron chi connectivity index (χ4n) is 4.15. The van der Waals surface area contributed by atoms with Crippen LogP contribution in [0.25, 0.3) is 0 Å². The van der Waals surface area contributed by atoms with Gasteiger partial charge in [-0.15, -0.1) is 11.3 Å². The number of rotatable bonds is 7. The van der Waals surface area contributed by atoms with Gasteiger partial charge in [0.15, 0.2) is 0 Å². The summed E-state index contributed by atoms with van der Waals surface area (Å²) in [5.41, 5.74) is 3.44. The maximum absolute atomic E-state index is 13.4. The number of fused-ring (bicyclic) bond motifs is 1. The number of hydrogen-bond acceptors (Lipinski definition) is 7. The first-order chi connectivity index (χ1) is 16.7. The minimum atomic E-state index is -0.549. The van der Waals surface area contributed by atoms with E-state index in [4.69, 9.17) is 16.3 Å². The quantitative estimate of drug-likeness (QED) is 0.130. The van der Waals surface area contributed by atoms with Gasteiger partial charge >= 0.3 is 5.97 Å². The minimum absolute atomic E-state index is 0.0597. The fourth-order valence-corrected chi connectivity index (χ4v) is 5.66. The molecule has 0 amide bonds.